The van der Waals surface area contributed by atoms with Crippen molar-refractivity contribution in [1.82, 2.24) is 4.90 Å². The molecule has 132 valence electrons. The first kappa shape index (κ1) is 18.2. The van der Waals surface area contributed by atoms with Gasteiger partial charge in [0.2, 0.25) is 0 Å². The van der Waals surface area contributed by atoms with Crippen molar-refractivity contribution in [2.45, 2.75) is 24.2 Å². The monoisotopic (exact) mass is 396 g/mol. The zero-order valence-electron chi connectivity index (χ0n) is 13.5. The molecule has 1 aliphatic rings. The molecule has 4 nitrogen and oxygen atoms in total. The SMILES string of the molecule is O=S(=O)(/N=C(/c1ccc(Cl)cc1)N1CCCCC1)c1ccc(Cl)cc1. The molecule has 1 saturated heterocycles. The maximum Gasteiger partial charge on any atom is 0.284 e. The molecule has 25 heavy (non-hydrogen) atoms. The summed E-state index contributed by atoms with van der Waals surface area (Å²) in [4.78, 5) is 2.15. The van der Waals surface area contributed by atoms with E-state index in [2.05, 4.69) is 4.40 Å². The third-order valence-electron chi connectivity index (χ3n) is 4.08. The summed E-state index contributed by atoms with van der Waals surface area (Å²) in [6.45, 7) is 1.58. The topological polar surface area (TPSA) is 49.7 Å². The molecule has 3 rings (SSSR count). The van der Waals surface area contributed by atoms with Gasteiger partial charge in [-0.25, -0.2) is 0 Å². The summed E-state index contributed by atoms with van der Waals surface area (Å²) in [7, 11) is -3.83. The van der Waals surface area contributed by atoms with Crippen molar-refractivity contribution in [3.63, 3.8) is 0 Å². The quantitative estimate of drug-likeness (QED) is 0.561. The molecule has 0 atom stereocenters. The molecule has 0 amide bonds. The third-order valence-corrected chi connectivity index (χ3v) is 5.86. The van der Waals surface area contributed by atoms with Gasteiger partial charge in [0.15, 0.2) is 0 Å². The van der Waals surface area contributed by atoms with E-state index in [0.29, 0.717) is 15.9 Å². The van der Waals surface area contributed by atoms with Crippen LogP contribution in [0, 0.1) is 0 Å². The van der Waals surface area contributed by atoms with E-state index in [1.165, 1.54) is 12.1 Å². The Morgan fingerprint density at radius 2 is 1.36 bits per heavy atom. The van der Waals surface area contributed by atoms with E-state index in [0.717, 1.165) is 37.9 Å². The average molecular weight is 397 g/mol. The number of halogens is 2. The molecule has 0 unspecified atom stereocenters. The minimum atomic E-state index is -3.83. The van der Waals surface area contributed by atoms with Crippen molar-refractivity contribution in [3.8, 4) is 0 Å². The fourth-order valence-corrected chi connectivity index (χ4v) is 4.06. The largest absolute Gasteiger partial charge is 0.355 e. The predicted octanol–water partition coefficient (Wildman–Crippen LogP) is 4.61. The molecule has 0 aliphatic carbocycles. The van der Waals surface area contributed by atoms with Gasteiger partial charge in [-0.3, -0.25) is 0 Å². The Bertz CT molecular complexity index is 857. The van der Waals surface area contributed by atoms with Gasteiger partial charge in [-0.2, -0.15) is 8.42 Å². The lowest BCUT2D eigenvalue weighted by Crippen LogP contribution is -2.36. The van der Waals surface area contributed by atoms with Gasteiger partial charge in [0, 0.05) is 28.7 Å². The highest BCUT2D eigenvalue weighted by atomic mass is 35.5. The summed E-state index contributed by atoms with van der Waals surface area (Å²) < 4.78 is 29.7. The normalized spacial score (nSPS) is 16.1. The molecule has 0 spiro atoms. The number of amidine groups is 1. The summed E-state index contributed by atoms with van der Waals surface area (Å²) in [6.07, 6.45) is 3.19. The van der Waals surface area contributed by atoms with Crippen molar-refractivity contribution < 1.29 is 8.42 Å². The number of hydrogen-bond donors (Lipinski definition) is 0. The smallest absolute Gasteiger partial charge is 0.284 e. The van der Waals surface area contributed by atoms with Gasteiger partial charge in [-0.05, 0) is 67.8 Å². The Hall–Kier alpha value is -1.56. The minimum Gasteiger partial charge on any atom is -0.355 e. The molecule has 1 aliphatic heterocycles. The van der Waals surface area contributed by atoms with Crippen LogP contribution in [0.2, 0.25) is 10.0 Å². The number of hydrogen-bond acceptors (Lipinski definition) is 2. The second-order valence-corrected chi connectivity index (χ2v) is 8.38. The minimum absolute atomic E-state index is 0.125. The Balaban J connectivity index is 2.04. The Labute approximate surface area is 158 Å². The fraction of sp³-hybridized carbons (Fsp3) is 0.278. The number of nitrogens with zero attached hydrogens (tertiary/aromatic N) is 2. The lowest BCUT2D eigenvalue weighted by atomic mass is 10.1. The number of benzene rings is 2. The van der Waals surface area contributed by atoms with Crippen molar-refractivity contribution in [2.75, 3.05) is 13.1 Å². The molecule has 1 heterocycles. The van der Waals surface area contributed by atoms with Crippen LogP contribution in [0.15, 0.2) is 57.8 Å². The zero-order chi connectivity index (χ0) is 17.9. The number of piperidine rings is 1. The summed E-state index contributed by atoms with van der Waals surface area (Å²) >= 11 is 11.8. The molecule has 7 heteroatoms. The zero-order valence-corrected chi connectivity index (χ0v) is 15.9. The first-order valence-electron chi connectivity index (χ1n) is 8.07. The van der Waals surface area contributed by atoms with Crippen molar-refractivity contribution in [2.24, 2.45) is 4.40 Å². The van der Waals surface area contributed by atoms with Gasteiger partial charge in [0.1, 0.15) is 5.84 Å². The highest BCUT2D eigenvalue weighted by Crippen LogP contribution is 2.21. The van der Waals surface area contributed by atoms with Crippen LogP contribution in [-0.2, 0) is 10.0 Å². The molecule has 0 bridgehead atoms. The van der Waals surface area contributed by atoms with E-state index in [1.54, 1.807) is 36.4 Å². The van der Waals surface area contributed by atoms with Crippen molar-refractivity contribution >= 4 is 39.1 Å². The molecule has 0 aromatic heterocycles. The van der Waals surface area contributed by atoms with Crippen LogP contribution in [-0.4, -0.2) is 32.2 Å². The van der Waals surface area contributed by atoms with Crippen LogP contribution in [0.3, 0.4) is 0 Å². The van der Waals surface area contributed by atoms with Crippen molar-refractivity contribution in [1.29, 1.82) is 0 Å². The van der Waals surface area contributed by atoms with Gasteiger partial charge in [0.05, 0.1) is 4.90 Å². The van der Waals surface area contributed by atoms with Gasteiger partial charge < -0.3 is 4.90 Å². The Morgan fingerprint density at radius 1 is 0.840 bits per heavy atom. The summed E-state index contributed by atoms with van der Waals surface area (Å²) in [5, 5.41) is 1.08. The van der Waals surface area contributed by atoms with Gasteiger partial charge >= 0.3 is 0 Å². The van der Waals surface area contributed by atoms with E-state index in [1.807, 2.05) is 4.90 Å². The lowest BCUT2D eigenvalue weighted by Gasteiger charge is -2.29. The summed E-state index contributed by atoms with van der Waals surface area (Å²) in [6, 6.07) is 13.1. The molecule has 0 N–H and O–H groups in total. The van der Waals surface area contributed by atoms with Crippen molar-refractivity contribution in [3.05, 3.63) is 64.1 Å². The van der Waals surface area contributed by atoms with Crippen LogP contribution >= 0.6 is 23.2 Å². The average Bonchev–Trinajstić information content (AvgIpc) is 2.62. The Kier molecular flexibility index (Phi) is 5.67. The lowest BCUT2D eigenvalue weighted by molar-refractivity contribution is 0.343. The number of sulfonamides is 1. The molecule has 1 fully saturated rings. The molecule has 2 aromatic rings. The van der Waals surface area contributed by atoms with E-state index >= 15 is 0 Å². The van der Waals surface area contributed by atoms with Crippen LogP contribution in [0.25, 0.3) is 0 Å². The van der Waals surface area contributed by atoms with Gasteiger partial charge in [0.25, 0.3) is 10.0 Å². The molecule has 0 saturated carbocycles. The van der Waals surface area contributed by atoms with Crippen LogP contribution < -0.4 is 0 Å². The fourth-order valence-electron chi connectivity index (χ4n) is 2.77. The standard InChI is InChI=1S/C18H18Cl2N2O2S/c19-15-6-4-14(5-7-15)18(22-12-2-1-3-13-22)21-25(23,24)17-10-8-16(20)9-11-17/h4-11H,1-3,12-13H2/b21-18-. The van der Waals surface area contributed by atoms with E-state index in [-0.39, 0.29) is 4.90 Å². The highest BCUT2D eigenvalue weighted by Gasteiger charge is 2.21. The molecule has 0 radical (unpaired) electrons. The maximum atomic E-state index is 12.8. The van der Waals surface area contributed by atoms with Crippen LogP contribution in [0.4, 0.5) is 0 Å². The highest BCUT2D eigenvalue weighted by molar-refractivity contribution is 7.90. The second kappa shape index (κ2) is 7.77. The first-order chi connectivity index (χ1) is 12.0. The Morgan fingerprint density at radius 3 is 1.92 bits per heavy atom. The summed E-state index contributed by atoms with van der Waals surface area (Å²) in [5.74, 6) is 0.464. The summed E-state index contributed by atoms with van der Waals surface area (Å²) in [5.41, 5.74) is 0.740. The third kappa shape index (κ3) is 4.54. The molecular weight excluding hydrogens is 379 g/mol. The van der Waals surface area contributed by atoms with Crippen LogP contribution in [0.5, 0.6) is 0 Å². The number of likely N-dealkylation sites (tertiary alicyclic amines) is 1. The predicted molar refractivity (Wildman–Crippen MR) is 102 cm³/mol. The van der Waals surface area contributed by atoms with E-state index in [4.69, 9.17) is 23.2 Å². The molecular formula is C18H18Cl2N2O2S. The maximum absolute atomic E-state index is 12.8. The van der Waals surface area contributed by atoms with E-state index < -0.39 is 10.0 Å². The van der Waals surface area contributed by atoms with E-state index in [9.17, 15) is 8.42 Å². The first-order valence-corrected chi connectivity index (χ1v) is 10.3. The second-order valence-electron chi connectivity index (χ2n) is 5.90. The van der Waals surface area contributed by atoms with Gasteiger partial charge in [-0.15, -0.1) is 4.40 Å². The van der Waals surface area contributed by atoms with Crippen LogP contribution in [0.1, 0.15) is 24.8 Å². The number of rotatable bonds is 3. The van der Waals surface area contributed by atoms with Gasteiger partial charge in [-0.1, -0.05) is 23.2 Å². The molecule has 2 aromatic carbocycles.